The van der Waals surface area contributed by atoms with Gasteiger partial charge in [0.1, 0.15) is 5.75 Å². The molecule has 0 saturated carbocycles. The summed E-state index contributed by atoms with van der Waals surface area (Å²) >= 11 is 0. The minimum absolute atomic E-state index is 0.653. The largest absolute Gasteiger partial charge is 0.497 e. The average molecular weight is 219 g/mol. The number of ether oxygens (including phenoxy) is 1. The molecule has 16 heavy (non-hydrogen) atoms. The standard InChI is InChI=1S/C13H17NO2/c1-14-8-4-3-5-11-6-7-13(16-2)9-12(11)10-15/h3,5-7,9-10,14H,4,8H2,1-2H3. The van der Waals surface area contributed by atoms with Gasteiger partial charge in [-0.25, -0.2) is 0 Å². The van der Waals surface area contributed by atoms with Gasteiger partial charge < -0.3 is 10.1 Å². The van der Waals surface area contributed by atoms with Crippen molar-refractivity contribution in [3.05, 3.63) is 35.4 Å². The van der Waals surface area contributed by atoms with Crippen LogP contribution in [0.5, 0.6) is 5.75 Å². The van der Waals surface area contributed by atoms with Gasteiger partial charge in [-0.15, -0.1) is 0 Å². The summed E-state index contributed by atoms with van der Waals surface area (Å²) in [5, 5.41) is 3.06. The molecule has 0 aromatic heterocycles. The van der Waals surface area contributed by atoms with Crippen molar-refractivity contribution < 1.29 is 9.53 Å². The molecular weight excluding hydrogens is 202 g/mol. The third kappa shape index (κ3) is 3.51. The normalized spacial score (nSPS) is 10.6. The molecule has 1 aromatic rings. The number of carbonyl (C=O) groups excluding carboxylic acids is 1. The lowest BCUT2D eigenvalue weighted by Gasteiger charge is -2.03. The van der Waals surface area contributed by atoms with Crippen LogP contribution in [0.2, 0.25) is 0 Å². The fourth-order valence-corrected chi connectivity index (χ4v) is 1.37. The van der Waals surface area contributed by atoms with E-state index in [1.54, 1.807) is 13.2 Å². The summed E-state index contributed by atoms with van der Waals surface area (Å²) in [5.41, 5.74) is 1.58. The molecule has 86 valence electrons. The molecule has 0 amide bonds. The molecule has 3 nitrogen and oxygen atoms in total. The Labute approximate surface area is 96.1 Å². The summed E-state index contributed by atoms with van der Waals surface area (Å²) in [6, 6.07) is 5.48. The van der Waals surface area contributed by atoms with Crippen molar-refractivity contribution in [2.24, 2.45) is 0 Å². The molecule has 0 saturated heterocycles. The van der Waals surface area contributed by atoms with E-state index >= 15 is 0 Å². The van der Waals surface area contributed by atoms with E-state index in [0.29, 0.717) is 11.3 Å². The second-order valence-corrected chi connectivity index (χ2v) is 3.41. The molecule has 0 aliphatic heterocycles. The van der Waals surface area contributed by atoms with Crippen molar-refractivity contribution in [1.29, 1.82) is 0 Å². The van der Waals surface area contributed by atoms with Crippen LogP contribution in [0.4, 0.5) is 0 Å². The number of nitrogens with one attached hydrogen (secondary N) is 1. The Balaban J connectivity index is 2.79. The van der Waals surface area contributed by atoms with Crippen LogP contribution in [0.3, 0.4) is 0 Å². The lowest BCUT2D eigenvalue weighted by atomic mass is 10.1. The summed E-state index contributed by atoms with van der Waals surface area (Å²) in [6.45, 7) is 0.934. The SMILES string of the molecule is CNCCC=Cc1ccc(OC)cc1C=O. The summed E-state index contributed by atoms with van der Waals surface area (Å²) < 4.78 is 5.06. The molecule has 1 N–H and O–H groups in total. The smallest absolute Gasteiger partial charge is 0.150 e. The lowest BCUT2D eigenvalue weighted by Crippen LogP contribution is -2.05. The molecule has 0 radical (unpaired) electrons. The first-order valence-electron chi connectivity index (χ1n) is 5.26. The zero-order chi connectivity index (χ0) is 11.8. The van der Waals surface area contributed by atoms with Crippen molar-refractivity contribution >= 4 is 12.4 Å². The molecule has 0 bridgehead atoms. The van der Waals surface area contributed by atoms with Gasteiger partial charge >= 0.3 is 0 Å². The topological polar surface area (TPSA) is 38.3 Å². The third-order valence-corrected chi connectivity index (χ3v) is 2.28. The maximum atomic E-state index is 10.9. The molecule has 0 spiro atoms. The van der Waals surface area contributed by atoms with Crippen molar-refractivity contribution in [1.82, 2.24) is 5.32 Å². The van der Waals surface area contributed by atoms with Gasteiger partial charge in [0.15, 0.2) is 6.29 Å². The highest BCUT2D eigenvalue weighted by atomic mass is 16.5. The molecule has 1 aromatic carbocycles. The second kappa shape index (κ2) is 6.80. The highest BCUT2D eigenvalue weighted by Gasteiger charge is 2.00. The van der Waals surface area contributed by atoms with Crippen LogP contribution < -0.4 is 10.1 Å². The summed E-state index contributed by atoms with van der Waals surface area (Å²) in [7, 11) is 3.50. The van der Waals surface area contributed by atoms with Gasteiger partial charge in [-0.1, -0.05) is 18.2 Å². The van der Waals surface area contributed by atoms with E-state index in [-0.39, 0.29) is 0 Å². The maximum Gasteiger partial charge on any atom is 0.150 e. The van der Waals surface area contributed by atoms with Gasteiger partial charge in [-0.3, -0.25) is 4.79 Å². The first-order chi connectivity index (χ1) is 7.81. The molecule has 0 fully saturated rings. The van der Waals surface area contributed by atoms with E-state index in [1.807, 2.05) is 31.3 Å². The van der Waals surface area contributed by atoms with Crippen LogP contribution >= 0.6 is 0 Å². The van der Waals surface area contributed by atoms with E-state index in [0.717, 1.165) is 24.8 Å². The number of benzene rings is 1. The maximum absolute atomic E-state index is 10.9. The average Bonchev–Trinajstić information content (AvgIpc) is 2.34. The van der Waals surface area contributed by atoms with Crippen molar-refractivity contribution in [2.75, 3.05) is 20.7 Å². The quantitative estimate of drug-likeness (QED) is 0.588. The molecule has 0 heterocycles. The predicted molar refractivity (Wildman–Crippen MR) is 66.0 cm³/mol. The van der Waals surface area contributed by atoms with E-state index < -0.39 is 0 Å². The molecule has 0 aliphatic carbocycles. The van der Waals surface area contributed by atoms with Crippen LogP contribution in [0.1, 0.15) is 22.3 Å². The van der Waals surface area contributed by atoms with Crippen LogP contribution in [0.15, 0.2) is 24.3 Å². The van der Waals surface area contributed by atoms with Gasteiger partial charge in [0.05, 0.1) is 7.11 Å². The number of hydrogen-bond acceptors (Lipinski definition) is 3. The third-order valence-electron chi connectivity index (χ3n) is 2.28. The Morgan fingerprint density at radius 3 is 2.81 bits per heavy atom. The highest BCUT2D eigenvalue weighted by molar-refractivity contribution is 5.82. The molecular formula is C13H17NO2. The fraction of sp³-hybridized carbons (Fsp3) is 0.308. The van der Waals surface area contributed by atoms with Gasteiger partial charge in [-0.2, -0.15) is 0 Å². The predicted octanol–water partition coefficient (Wildman–Crippen LogP) is 2.13. The first-order valence-corrected chi connectivity index (χ1v) is 5.26. The van der Waals surface area contributed by atoms with Crippen molar-refractivity contribution in [3.8, 4) is 5.75 Å². The molecule has 0 unspecified atom stereocenters. The Hall–Kier alpha value is -1.61. The number of methoxy groups -OCH3 is 1. The van der Waals surface area contributed by atoms with Crippen molar-refractivity contribution in [2.45, 2.75) is 6.42 Å². The Kier molecular flexibility index (Phi) is 5.29. The highest BCUT2D eigenvalue weighted by Crippen LogP contribution is 2.17. The Morgan fingerprint density at radius 2 is 2.19 bits per heavy atom. The van der Waals surface area contributed by atoms with E-state index in [1.165, 1.54) is 0 Å². The minimum Gasteiger partial charge on any atom is -0.497 e. The van der Waals surface area contributed by atoms with Crippen LogP contribution in [-0.4, -0.2) is 27.0 Å². The minimum atomic E-state index is 0.653. The molecule has 0 atom stereocenters. The summed E-state index contributed by atoms with van der Waals surface area (Å²) in [5.74, 6) is 0.703. The van der Waals surface area contributed by atoms with E-state index in [4.69, 9.17) is 4.74 Å². The van der Waals surface area contributed by atoms with Gasteiger partial charge in [0.25, 0.3) is 0 Å². The van der Waals surface area contributed by atoms with Crippen molar-refractivity contribution in [3.63, 3.8) is 0 Å². The number of hydrogen-bond donors (Lipinski definition) is 1. The van der Waals surface area contributed by atoms with Crippen LogP contribution in [0.25, 0.3) is 6.08 Å². The molecule has 0 aliphatic rings. The second-order valence-electron chi connectivity index (χ2n) is 3.41. The zero-order valence-electron chi connectivity index (χ0n) is 9.69. The zero-order valence-corrected chi connectivity index (χ0v) is 9.69. The Bertz CT molecular complexity index is 372. The van der Waals surface area contributed by atoms with Gasteiger partial charge in [0.2, 0.25) is 0 Å². The summed E-state index contributed by atoms with van der Waals surface area (Å²) in [4.78, 5) is 10.9. The Morgan fingerprint density at radius 1 is 1.38 bits per heavy atom. The van der Waals surface area contributed by atoms with E-state index in [9.17, 15) is 4.79 Å². The number of carbonyl (C=O) groups is 1. The van der Waals surface area contributed by atoms with Crippen LogP contribution in [0, 0.1) is 0 Å². The molecule has 3 heteroatoms. The van der Waals surface area contributed by atoms with E-state index in [2.05, 4.69) is 5.32 Å². The lowest BCUT2D eigenvalue weighted by molar-refractivity contribution is 0.112. The first kappa shape index (κ1) is 12.5. The van der Waals surface area contributed by atoms with Gasteiger partial charge in [-0.05, 0) is 37.7 Å². The molecule has 1 rings (SSSR count). The fourth-order valence-electron chi connectivity index (χ4n) is 1.37. The summed E-state index contributed by atoms with van der Waals surface area (Å²) in [6.07, 6.45) is 5.80. The van der Waals surface area contributed by atoms with Gasteiger partial charge in [0, 0.05) is 5.56 Å². The van der Waals surface area contributed by atoms with Crippen LogP contribution in [-0.2, 0) is 0 Å². The number of rotatable bonds is 6. The number of aldehydes is 1. The monoisotopic (exact) mass is 219 g/mol.